The van der Waals surface area contributed by atoms with Crippen molar-refractivity contribution in [3.8, 4) is 0 Å². The number of aromatic nitrogens is 2. The van der Waals surface area contributed by atoms with Crippen molar-refractivity contribution < 1.29 is 9.90 Å². The standard InChI is InChI=1S/C20H33N5O2/c1-21-17-11-16(23-19(24-17)15-7-6-10-22-13-15)14-25(2)18(26)12-20(27)8-4-3-5-9-20/h11,15,22,27H,3-10,12-14H2,1-2H3,(H,21,23,24). The largest absolute Gasteiger partial charge is 0.389 e. The number of amides is 1. The van der Waals surface area contributed by atoms with E-state index in [1.165, 1.54) is 0 Å². The molecular formula is C20H33N5O2. The molecule has 0 spiro atoms. The second kappa shape index (κ2) is 8.97. The molecule has 1 unspecified atom stereocenters. The summed E-state index contributed by atoms with van der Waals surface area (Å²) in [5, 5.41) is 17.2. The maximum absolute atomic E-state index is 12.7. The summed E-state index contributed by atoms with van der Waals surface area (Å²) in [5.41, 5.74) is 0.00560. The number of hydrogen-bond donors (Lipinski definition) is 3. The van der Waals surface area contributed by atoms with Gasteiger partial charge < -0.3 is 20.6 Å². The van der Waals surface area contributed by atoms with Crippen molar-refractivity contribution >= 4 is 11.7 Å². The third-order valence-corrected chi connectivity index (χ3v) is 5.80. The van der Waals surface area contributed by atoms with Gasteiger partial charge in [-0.1, -0.05) is 19.3 Å². The van der Waals surface area contributed by atoms with Crippen LogP contribution in [-0.2, 0) is 11.3 Å². The van der Waals surface area contributed by atoms with E-state index in [0.717, 1.165) is 75.4 Å². The summed E-state index contributed by atoms with van der Waals surface area (Å²) in [6.07, 6.45) is 7.02. The zero-order chi connectivity index (χ0) is 19.3. The first kappa shape index (κ1) is 20.0. The highest BCUT2D eigenvalue weighted by Gasteiger charge is 2.32. The van der Waals surface area contributed by atoms with Crippen molar-refractivity contribution in [1.29, 1.82) is 0 Å². The van der Waals surface area contributed by atoms with Crippen LogP contribution in [-0.4, -0.2) is 58.7 Å². The Morgan fingerprint density at radius 2 is 2.11 bits per heavy atom. The van der Waals surface area contributed by atoms with Crippen LogP contribution in [0.3, 0.4) is 0 Å². The van der Waals surface area contributed by atoms with Gasteiger partial charge in [-0.2, -0.15) is 0 Å². The number of carbonyl (C=O) groups excluding carboxylic acids is 1. The molecule has 150 valence electrons. The van der Waals surface area contributed by atoms with E-state index in [4.69, 9.17) is 4.98 Å². The lowest BCUT2D eigenvalue weighted by atomic mass is 9.82. The normalized spacial score (nSPS) is 22.3. The van der Waals surface area contributed by atoms with E-state index in [0.29, 0.717) is 12.5 Å². The third-order valence-electron chi connectivity index (χ3n) is 5.80. The quantitative estimate of drug-likeness (QED) is 0.705. The Bertz CT molecular complexity index is 639. The lowest BCUT2D eigenvalue weighted by Crippen LogP contribution is -2.39. The maximum atomic E-state index is 12.7. The number of nitrogens with zero attached hydrogens (tertiary/aromatic N) is 3. The van der Waals surface area contributed by atoms with Gasteiger partial charge >= 0.3 is 0 Å². The molecule has 7 nitrogen and oxygen atoms in total. The van der Waals surface area contributed by atoms with Gasteiger partial charge in [-0.15, -0.1) is 0 Å². The van der Waals surface area contributed by atoms with Gasteiger partial charge in [0.15, 0.2) is 0 Å². The van der Waals surface area contributed by atoms with Crippen LogP contribution in [0.5, 0.6) is 0 Å². The number of aliphatic hydroxyl groups is 1. The molecule has 2 fully saturated rings. The monoisotopic (exact) mass is 375 g/mol. The Morgan fingerprint density at radius 1 is 1.33 bits per heavy atom. The van der Waals surface area contributed by atoms with Crippen molar-refractivity contribution in [2.45, 2.75) is 69.4 Å². The summed E-state index contributed by atoms with van der Waals surface area (Å²) < 4.78 is 0. The molecule has 2 aliphatic rings. The zero-order valence-electron chi connectivity index (χ0n) is 16.6. The molecule has 0 radical (unpaired) electrons. The molecule has 0 aromatic carbocycles. The molecule has 3 rings (SSSR count). The Kier molecular flexibility index (Phi) is 6.65. The maximum Gasteiger partial charge on any atom is 0.225 e. The minimum absolute atomic E-state index is 0.0232. The van der Waals surface area contributed by atoms with Crippen molar-refractivity contribution in [1.82, 2.24) is 20.2 Å². The molecule has 27 heavy (non-hydrogen) atoms. The lowest BCUT2D eigenvalue weighted by Gasteiger charge is -2.32. The van der Waals surface area contributed by atoms with Crippen LogP contribution in [0.2, 0.25) is 0 Å². The molecule has 3 N–H and O–H groups in total. The van der Waals surface area contributed by atoms with Gasteiger partial charge in [-0.3, -0.25) is 4.79 Å². The lowest BCUT2D eigenvalue weighted by molar-refractivity contribution is -0.137. The van der Waals surface area contributed by atoms with Gasteiger partial charge in [0.25, 0.3) is 0 Å². The van der Waals surface area contributed by atoms with E-state index in [1.54, 1.807) is 11.9 Å². The van der Waals surface area contributed by atoms with Crippen molar-refractivity contribution in [3.05, 3.63) is 17.6 Å². The van der Waals surface area contributed by atoms with Crippen LogP contribution in [0, 0.1) is 0 Å². The number of nitrogens with one attached hydrogen (secondary N) is 2. The first-order valence-electron chi connectivity index (χ1n) is 10.2. The average molecular weight is 376 g/mol. The molecule has 2 heterocycles. The SMILES string of the molecule is CNc1cc(CN(C)C(=O)CC2(O)CCCCC2)nc(C2CCCNC2)n1. The van der Waals surface area contributed by atoms with Gasteiger partial charge in [-0.25, -0.2) is 9.97 Å². The van der Waals surface area contributed by atoms with Gasteiger partial charge in [0.05, 0.1) is 24.3 Å². The van der Waals surface area contributed by atoms with Crippen LogP contribution >= 0.6 is 0 Å². The topological polar surface area (TPSA) is 90.4 Å². The second-order valence-electron chi connectivity index (χ2n) is 8.11. The van der Waals surface area contributed by atoms with Crippen LogP contribution in [0.1, 0.15) is 68.8 Å². The first-order chi connectivity index (χ1) is 13.0. The van der Waals surface area contributed by atoms with Crippen molar-refractivity contribution in [2.75, 3.05) is 32.5 Å². The summed E-state index contributed by atoms with van der Waals surface area (Å²) >= 11 is 0. The predicted octanol–water partition coefficient (Wildman–Crippen LogP) is 2.03. The van der Waals surface area contributed by atoms with Crippen LogP contribution in [0.4, 0.5) is 5.82 Å². The van der Waals surface area contributed by atoms with E-state index in [1.807, 2.05) is 13.1 Å². The van der Waals surface area contributed by atoms with Crippen molar-refractivity contribution in [3.63, 3.8) is 0 Å². The second-order valence-corrected chi connectivity index (χ2v) is 8.11. The average Bonchev–Trinajstić information content (AvgIpc) is 2.68. The highest BCUT2D eigenvalue weighted by Crippen LogP contribution is 2.31. The molecule has 1 saturated carbocycles. The highest BCUT2D eigenvalue weighted by atomic mass is 16.3. The van der Waals surface area contributed by atoms with Crippen LogP contribution in [0.15, 0.2) is 6.07 Å². The smallest absolute Gasteiger partial charge is 0.225 e. The molecule has 1 amide bonds. The zero-order valence-corrected chi connectivity index (χ0v) is 16.6. The number of piperidine rings is 1. The van der Waals surface area contributed by atoms with E-state index in [2.05, 4.69) is 15.6 Å². The number of hydrogen-bond acceptors (Lipinski definition) is 6. The molecule has 1 aliphatic carbocycles. The van der Waals surface area contributed by atoms with Gasteiger partial charge in [0.1, 0.15) is 11.6 Å². The Labute approximate surface area is 162 Å². The molecule has 1 aliphatic heterocycles. The predicted molar refractivity (Wildman–Crippen MR) is 106 cm³/mol. The molecule has 1 aromatic heterocycles. The van der Waals surface area contributed by atoms with Gasteiger partial charge in [-0.05, 0) is 32.2 Å². The molecule has 7 heteroatoms. The fourth-order valence-electron chi connectivity index (χ4n) is 4.12. The molecule has 1 atom stereocenters. The summed E-state index contributed by atoms with van der Waals surface area (Å²) in [4.78, 5) is 23.7. The van der Waals surface area contributed by atoms with Crippen LogP contribution in [0.25, 0.3) is 0 Å². The van der Waals surface area contributed by atoms with E-state index >= 15 is 0 Å². The fraction of sp³-hybridized carbons (Fsp3) is 0.750. The highest BCUT2D eigenvalue weighted by molar-refractivity contribution is 5.77. The van der Waals surface area contributed by atoms with Gasteiger partial charge in [0, 0.05) is 32.6 Å². The first-order valence-corrected chi connectivity index (χ1v) is 10.2. The fourth-order valence-corrected chi connectivity index (χ4v) is 4.12. The number of rotatable bonds is 6. The Hall–Kier alpha value is -1.73. The summed E-state index contributed by atoms with van der Waals surface area (Å²) in [6.45, 7) is 2.38. The number of anilines is 1. The summed E-state index contributed by atoms with van der Waals surface area (Å²) in [7, 11) is 3.64. The molecule has 1 aromatic rings. The van der Waals surface area contributed by atoms with Crippen LogP contribution < -0.4 is 10.6 Å². The van der Waals surface area contributed by atoms with E-state index in [9.17, 15) is 9.90 Å². The molecular weight excluding hydrogens is 342 g/mol. The van der Waals surface area contributed by atoms with Gasteiger partial charge in [0.2, 0.25) is 5.91 Å². The summed E-state index contributed by atoms with van der Waals surface area (Å²) in [5.74, 6) is 1.92. The minimum atomic E-state index is -0.829. The van der Waals surface area contributed by atoms with Crippen molar-refractivity contribution in [2.24, 2.45) is 0 Å². The summed E-state index contributed by atoms with van der Waals surface area (Å²) in [6, 6.07) is 1.90. The van der Waals surface area contributed by atoms with E-state index in [-0.39, 0.29) is 12.3 Å². The minimum Gasteiger partial charge on any atom is -0.389 e. The Morgan fingerprint density at radius 3 is 2.78 bits per heavy atom. The van der Waals surface area contributed by atoms with E-state index < -0.39 is 5.60 Å². The molecule has 1 saturated heterocycles. The molecule has 0 bridgehead atoms. The number of carbonyl (C=O) groups is 1. The third kappa shape index (κ3) is 5.39. The Balaban J connectivity index is 1.67.